The molecule has 0 saturated carbocycles. The van der Waals surface area contributed by atoms with Crippen LogP contribution in [-0.4, -0.2) is 40.7 Å². The van der Waals surface area contributed by atoms with E-state index in [0.717, 1.165) is 29.4 Å². The summed E-state index contributed by atoms with van der Waals surface area (Å²) in [5.74, 6) is 0.323. The third-order valence-electron chi connectivity index (χ3n) is 3.60. The van der Waals surface area contributed by atoms with Crippen LogP contribution in [-0.2, 0) is 0 Å². The number of benzene rings is 1. The van der Waals surface area contributed by atoms with Gasteiger partial charge in [-0.05, 0) is 82.5 Å². The van der Waals surface area contributed by atoms with Gasteiger partial charge in [-0.1, -0.05) is 0 Å². The lowest BCUT2D eigenvalue weighted by Gasteiger charge is -2.32. The van der Waals surface area contributed by atoms with Gasteiger partial charge in [-0.2, -0.15) is 0 Å². The molecule has 1 heterocycles. The smallest absolute Gasteiger partial charge is 0.257 e. The predicted molar refractivity (Wildman–Crippen MR) is 93.9 cm³/mol. The summed E-state index contributed by atoms with van der Waals surface area (Å²) < 4.78 is 1.64. The lowest BCUT2D eigenvalue weighted by molar-refractivity contribution is 0.0650. The molecule has 1 fully saturated rings. The molecule has 0 spiro atoms. The number of nitrogens with zero attached hydrogens (tertiary/aromatic N) is 1. The van der Waals surface area contributed by atoms with E-state index in [0.29, 0.717) is 21.6 Å². The fourth-order valence-corrected chi connectivity index (χ4v) is 4.41. The van der Waals surface area contributed by atoms with Crippen molar-refractivity contribution in [3.05, 3.63) is 24.8 Å². The van der Waals surface area contributed by atoms with Crippen molar-refractivity contribution in [2.45, 2.75) is 19.3 Å². The maximum absolute atomic E-state index is 12.6. The monoisotopic (exact) mass is 501 g/mol. The van der Waals surface area contributed by atoms with Crippen LogP contribution in [0.1, 0.15) is 29.6 Å². The zero-order valence-corrected chi connectivity index (χ0v) is 15.3. The lowest BCUT2D eigenvalue weighted by Crippen LogP contribution is -2.40. The molecular weight excluding hydrogens is 484 g/mol. The van der Waals surface area contributed by atoms with Gasteiger partial charge in [0.1, 0.15) is 5.75 Å². The number of aliphatic hydroxyl groups is 1. The summed E-state index contributed by atoms with van der Waals surface area (Å²) in [6.45, 7) is 1.56. The molecule has 1 unspecified atom stereocenters. The van der Waals surface area contributed by atoms with Crippen LogP contribution in [0.15, 0.2) is 12.1 Å². The summed E-state index contributed by atoms with van der Waals surface area (Å²) in [7, 11) is 0. The normalized spacial score (nSPS) is 19.1. The Kier molecular flexibility index (Phi) is 5.91. The van der Waals surface area contributed by atoms with Crippen LogP contribution >= 0.6 is 45.2 Å². The molecule has 20 heavy (non-hydrogen) atoms. The van der Waals surface area contributed by atoms with Crippen molar-refractivity contribution in [3.63, 3.8) is 0 Å². The number of phenols is 1. The van der Waals surface area contributed by atoms with Crippen molar-refractivity contribution in [1.29, 1.82) is 0 Å². The van der Waals surface area contributed by atoms with Crippen LogP contribution in [0, 0.1) is 13.1 Å². The quantitative estimate of drug-likeness (QED) is 0.627. The van der Waals surface area contributed by atoms with Gasteiger partial charge < -0.3 is 15.1 Å². The molecule has 6 heteroatoms. The maximum Gasteiger partial charge on any atom is 0.257 e. The van der Waals surface area contributed by atoms with Gasteiger partial charge in [0.2, 0.25) is 0 Å². The summed E-state index contributed by atoms with van der Waals surface area (Å²) in [6.07, 6.45) is 2.75. The predicted octanol–water partition coefficient (Wildman–Crippen LogP) is 2.84. The number of carbonyl (C=O) groups excluding carboxylic acids is 1. The Morgan fingerprint density at radius 1 is 1.40 bits per heavy atom. The third-order valence-corrected chi connectivity index (χ3v) is 5.05. The van der Waals surface area contributed by atoms with E-state index in [2.05, 4.69) is 22.6 Å². The number of piperidine rings is 1. The van der Waals surface area contributed by atoms with E-state index >= 15 is 0 Å². The standard InChI is InChI=1S/C14H17I2NO3/c15-10-6-11(13(19)12(16)7-10)14(20)17-4-1-2-9(8-17)3-5-18/h6-7,9,18-19H,1-5,8H2. The largest absolute Gasteiger partial charge is 0.506 e. The van der Waals surface area contributed by atoms with Crippen molar-refractivity contribution >= 4 is 51.1 Å². The average Bonchev–Trinajstić information content (AvgIpc) is 2.43. The first-order valence-electron chi connectivity index (χ1n) is 6.61. The zero-order valence-electron chi connectivity index (χ0n) is 11.0. The van der Waals surface area contributed by atoms with Crippen LogP contribution in [0.25, 0.3) is 0 Å². The molecule has 0 radical (unpaired) electrons. The van der Waals surface area contributed by atoms with Crippen molar-refractivity contribution < 1.29 is 15.0 Å². The van der Waals surface area contributed by atoms with Crippen molar-refractivity contribution in [3.8, 4) is 5.75 Å². The molecule has 2 rings (SSSR count). The molecule has 0 bridgehead atoms. The summed E-state index contributed by atoms with van der Waals surface area (Å²) in [6, 6.07) is 3.58. The fraction of sp³-hybridized carbons (Fsp3) is 0.500. The summed E-state index contributed by atoms with van der Waals surface area (Å²) in [5, 5.41) is 19.1. The van der Waals surface area contributed by atoms with Crippen molar-refractivity contribution in [2.75, 3.05) is 19.7 Å². The van der Waals surface area contributed by atoms with E-state index in [1.807, 2.05) is 28.7 Å². The Morgan fingerprint density at radius 2 is 2.15 bits per heavy atom. The SMILES string of the molecule is O=C(c1cc(I)cc(I)c1O)N1CCCC(CCO)C1. The summed E-state index contributed by atoms with van der Waals surface area (Å²) in [4.78, 5) is 14.4. The number of aromatic hydroxyl groups is 1. The number of hydrogen-bond acceptors (Lipinski definition) is 3. The molecule has 1 saturated heterocycles. The Morgan fingerprint density at radius 3 is 2.85 bits per heavy atom. The van der Waals surface area contributed by atoms with Crippen LogP contribution in [0.2, 0.25) is 0 Å². The first kappa shape index (κ1) is 16.3. The molecule has 0 aliphatic carbocycles. The second-order valence-electron chi connectivity index (χ2n) is 5.06. The van der Waals surface area contributed by atoms with Gasteiger partial charge in [0.15, 0.2) is 0 Å². The highest BCUT2D eigenvalue weighted by atomic mass is 127. The lowest BCUT2D eigenvalue weighted by atomic mass is 9.94. The number of halogens is 2. The van der Waals surface area contributed by atoms with E-state index < -0.39 is 0 Å². The molecule has 1 aromatic carbocycles. The second kappa shape index (κ2) is 7.26. The first-order valence-corrected chi connectivity index (χ1v) is 8.76. The van der Waals surface area contributed by atoms with E-state index in [1.54, 1.807) is 11.0 Å². The van der Waals surface area contributed by atoms with Crippen LogP contribution in [0.3, 0.4) is 0 Å². The minimum absolute atomic E-state index is 0.0697. The minimum Gasteiger partial charge on any atom is -0.506 e. The van der Waals surface area contributed by atoms with E-state index in [9.17, 15) is 9.90 Å². The number of aliphatic hydroxyl groups excluding tert-OH is 1. The highest BCUT2D eigenvalue weighted by Gasteiger charge is 2.26. The molecule has 1 amide bonds. The summed E-state index contributed by atoms with van der Waals surface area (Å²) >= 11 is 4.19. The van der Waals surface area contributed by atoms with Gasteiger partial charge in [-0.15, -0.1) is 0 Å². The number of phenolic OH excluding ortho intramolecular Hbond substituents is 1. The van der Waals surface area contributed by atoms with Gasteiger partial charge in [-0.25, -0.2) is 0 Å². The van der Waals surface area contributed by atoms with Crippen LogP contribution < -0.4 is 0 Å². The van der Waals surface area contributed by atoms with E-state index in [4.69, 9.17) is 5.11 Å². The van der Waals surface area contributed by atoms with Crippen LogP contribution in [0.4, 0.5) is 0 Å². The highest BCUT2D eigenvalue weighted by molar-refractivity contribution is 14.1. The fourth-order valence-electron chi connectivity index (χ4n) is 2.57. The van der Waals surface area contributed by atoms with Crippen molar-refractivity contribution in [2.24, 2.45) is 5.92 Å². The van der Waals surface area contributed by atoms with Gasteiger partial charge in [0.05, 0.1) is 9.13 Å². The average molecular weight is 501 g/mol. The second-order valence-corrected chi connectivity index (χ2v) is 7.46. The van der Waals surface area contributed by atoms with Gasteiger partial charge >= 0.3 is 0 Å². The Bertz CT molecular complexity index is 505. The molecule has 1 atom stereocenters. The number of hydrogen-bond donors (Lipinski definition) is 2. The zero-order chi connectivity index (χ0) is 14.7. The van der Waals surface area contributed by atoms with Gasteiger partial charge in [0.25, 0.3) is 5.91 Å². The molecule has 1 aromatic rings. The third kappa shape index (κ3) is 3.76. The number of carbonyl (C=O) groups is 1. The Labute approximate surface area is 145 Å². The Balaban J connectivity index is 2.19. The highest BCUT2D eigenvalue weighted by Crippen LogP contribution is 2.29. The van der Waals surface area contributed by atoms with Crippen LogP contribution in [0.5, 0.6) is 5.75 Å². The minimum atomic E-state index is -0.110. The topological polar surface area (TPSA) is 60.8 Å². The molecule has 1 aliphatic heterocycles. The van der Waals surface area contributed by atoms with E-state index in [-0.39, 0.29) is 18.3 Å². The number of rotatable bonds is 3. The molecule has 2 N–H and O–H groups in total. The molecule has 1 aliphatic rings. The maximum atomic E-state index is 12.6. The molecular formula is C14H17I2NO3. The van der Waals surface area contributed by atoms with Gasteiger partial charge in [-0.3, -0.25) is 4.79 Å². The Hall–Kier alpha value is -0.0900. The number of likely N-dealkylation sites (tertiary alicyclic amines) is 1. The van der Waals surface area contributed by atoms with Crippen molar-refractivity contribution in [1.82, 2.24) is 4.90 Å². The molecule has 4 nitrogen and oxygen atoms in total. The number of amides is 1. The summed E-state index contributed by atoms with van der Waals surface area (Å²) in [5.41, 5.74) is 0.381. The van der Waals surface area contributed by atoms with Gasteiger partial charge in [0, 0.05) is 23.3 Å². The van der Waals surface area contributed by atoms with E-state index in [1.165, 1.54) is 0 Å². The molecule has 0 aromatic heterocycles. The first-order chi connectivity index (χ1) is 9.52. The molecule has 110 valence electrons.